The van der Waals surface area contributed by atoms with Gasteiger partial charge >= 0.3 is 0 Å². The molecule has 74 valence electrons. The lowest BCUT2D eigenvalue weighted by atomic mass is 10.2. The highest BCUT2D eigenvalue weighted by Crippen LogP contribution is 2.06. The molecule has 0 amide bonds. The van der Waals surface area contributed by atoms with Crippen molar-refractivity contribution in [3.63, 3.8) is 0 Å². The highest BCUT2D eigenvalue weighted by Gasteiger charge is 1.95. The topological polar surface area (TPSA) is 9.23 Å². The molecule has 0 unspecified atom stereocenters. The van der Waals surface area contributed by atoms with E-state index in [2.05, 4.69) is 12.3 Å². The Kier molecular flexibility index (Phi) is 4.41. The Morgan fingerprint density at radius 1 is 1.43 bits per heavy atom. The predicted molar refractivity (Wildman–Crippen MR) is 54.6 cm³/mol. The van der Waals surface area contributed by atoms with Gasteiger partial charge in [0.15, 0.2) is 0 Å². The van der Waals surface area contributed by atoms with Gasteiger partial charge in [-0.1, -0.05) is 30.3 Å². The molecule has 0 atom stereocenters. The van der Waals surface area contributed by atoms with Crippen molar-refractivity contribution in [1.82, 2.24) is 0 Å². The first-order valence-corrected chi connectivity index (χ1v) is 4.47. The highest BCUT2D eigenvalue weighted by molar-refractivity contribution is 6.29. The van der Waals surface area contributed by atoms with Crippen LogP contribution in [-0.2, 0) is 11.3 Å². The van der Waals surface area contributed by atoms with E-state index in [9.17, 15) is 4.39 Å². The molecular formula is C11H10ClFO. The van der Waals surface area contributed by atoms with Gasteiger partial charge in [-0.3, -0.25) is 0 Å². The summed E-state index contributed by atoms with van der Waals surface area (Å²) in [5, 5.41) is 0.437. The molecule has 0 spiro atoms. The van der Waals surface area contributed by atoms with Crippen LogP contribution in [0.3, 0.4) is 0 Å². The molecule has 0 saturated carbocycles. The largest absolute Gasteiger partial charge is 0.371 e. The fraction of sp³-hybridized carbons (Fsp3) is 0.182. The monoisotopic (exact) mass is 212 g/mol. The minimum atomic E-state index is -0.252. The van der Waals surface area contributed by atoms with Crippen molar-refractivity contribution in [2.75, 3.05) is 6.61 Å². The molecule has 0 radical (unpaired) electrons. The van der Waals surface area contributed by atoms with E-state index in [0.717, 1.165) is 5.56 Å². The molecule has 0 N–H and O–H groups in total. The Morgan fingerprint density at radius 3 is 2.64 bits per heavy atom. The maximum atomic E-state index is 12.5. The van der Waals surface area contributed by atoms with Crippen LogP contribution in [0, 0.1) is 5.82 Å². The predicted octanol–water partition coefficient (Wildman–Crippen LogP) is 3.25. The second-order valence-electron chi connectivity index (χ2n) is 2.70. The average molecular weight is 213 g/mol. The Labute approximate surface area is 87.5 Å². The maximum absolute atomic E-state index is 12.5. The molecule has 1 aromatic rings. The van der Waals surface area contributed by atoms with Crippen molar-refractivity contribution in [1.29, 1.82) is 0 Å². The molecule has 0 fully saturated rings. The van der Waals surface area contributed by atoms with Crippen molar-refractivity contribution >= 4 is 11.6 Å². The van der Waals surface area contributed by atoms with E-state index in [1.165, 1.54) is 12.1 Å². The summed E-state index contributed by atoms with van der Waals surface area (Å²) in [6.45, 7) is 4.06. The molecule has 0 aliphatic heterocycles. The normalized spacial score (nSPS) is 9.57. The van der Waals surface area contributed by atoms with E-state index < -0.39 is 0 Å². The Morgan fingerprint density at radius 2 is 2.07 bits per heavy atom. The first kappa shape index (κ1) is 11.0. The summed E-state index contributed by atoms with van der Waals surface area (Å²) >= 11 is 5.61. The van der Waals surface area contributed by atoms with Crippen molar-refractivity contribution < 1.29 is 9.13 Å². The van der Waals surface area contributed by atoms with Crippen LogP contribution in [0.5, 0.6) is 0 Å². The smallest absolute Gasteiger partial charge is 0.123 e. The molecule has 1 nitrogen and oxygen atoms in total. The third-order valence-corrected chi connectivity index (χ3v) is 1.85. The Bertz CT molecular complexity index is 339. The van der Waals surface area contributed by atoms with Crippen LogP contribution in [-0.4, -0.2) is 6.61 Å². The van der Waals surface area contributed by atoms with Gasteiger partial charge in [-0.05, 0) is 17.7 Å². The SMILES string of the molecule is C=C=C(Cl)COCc1ccc(F)cc1. The van der Waals surface area contributed by atoms with Gasteiger partial charge in [-0.25, -0.2) is 4.39 Å². The zero-order valence-corrected chi connectivity index (χ0v) is 8.35. The third-order valence-electron chi connectivity index (χ3n) is 1.60. The van der Waals surface area contributed by atoms with Gasteiger partial charge in [0.25, 0.3) is 0 Å². The van der Waals surface area contributed by atoms with Crippen LogP contribution in [0.1, 0.15) is 5.56 Å². The highest BCUT2D eigenvalue weighted by atomic mass is 35.5. The maximum Gasteiger partial charge on any atom is 0.123 e. The zero-order valence-electron chi connectivity index (χ0n) is 7.59. The second-order valence-corrected chi connectivity index (χ2v) is 3.16. The zero-order chi connectivity index (χ0) is 10.4. The number of halogens is 2. The summed E-state index contributed by atoms with van der Waals surface area (Å²) in [5.41, 5.74) is 3.41. The quantitative estimate of drug-likeness (QED) is 0.697. The molecule has 0 saturated heterocycles. The molecule has 0 aromatic heterocycles. The van der Waals surface area contributed by atoms with Crippen LogP contribution in [0.25, 0.3) is 0 Å². The summed E-state index contributed by atoms with van der Waals surface area (Å²) < 4.78 is 17.7. The summed E-state index contributed by atoms with van der Waals surface area (Å²) in [6.07, 6.45) is 0. The van der Waals surface area contributed by atoms with Gasteiger partial charge in [0.1, 0.15) is 5.82 Å². The van der Waals surface area contributed by atoms with Gasteiger partial charge in [0.2, 0.25) is 0 Å². The van der Waals surface area contributed by atoms with E-state index in [1.807, 2.05) is 0 Å². The van der Waals surface area contributed by atoms with Gasteiger partial charge in [0.05, 0.1) is 18.2 Å². The lowest BCUT2D eigenvalue weighted by Crippen LogP contribution is -1.94. The molecule has 1 aromatic carbocycles. The number of benzene rings is 1. The summed E-state index contributed by atoms with van der Waals surface area (Å²) in [4.78, 5) is 0. The lowest BCUT2D eigenvalue weighted by Gasteiger charge is -2.02. The molecule has 3 heteroatoms. The van der Waals surface area contributed by atoms with E-state index in [1.54, 1.807) is 12.1 Å². The van der Waals surface area contributed by atoms with Crippen LogP contribution in [0.2, 0.25) is 0 Å². The van der Waals surface area contributed by atoms with Crippen molar-refractivity contribution in [2.24, 2.45) is 0 Å². The average Bonchev–Trinajstić information content (AvgIpc) is 2.21. The molecule has 0 aliphatic rings. The summed E-state index contributed by atoms with van der Waals surface area (Å²) in [5.74, 6) is -0.252. The van der Waals surface area contributed by atoms with E-state index in [0.29, 0.717) is 11.6 Å². The first-order valence-electron chi connectivity index (χ1n) is 4.09. The summed E-state index contributed by atoms with van der Waals surface area (Å²) in [7, 11) is 0. The van der Waals surface area contributed by atoms with Crippen LogP contribution in [0.15, 0.2) is 41.6 Å². The molecule has 14 heavy (non-hydrogen) atoms. The van der Waals surface area contributed by atoms with Crippen molar-refractivity contribution in [3.8, 4) is 0 Å². The molecular weight excluding hydrogens is 203 g/mol. The minimum Gasteiger partial charge on any atom is -0.371 e. The molecule has 0 bridgehead atoms. The standard InChI is InChI=1S/C11H10ClFO/c1-2-10(12)8-14-7-9-3-5-11(13)6-4-9/h3-6H,1,7-8H2. The molecule has 0 heterocycles. The van der Waals surface area contributed by atoms with Crippen LogP contribution in [0.4, 0.5) is 4.39 Å². The lowest BCUT2D eigenvalue weighted by molar-refractivity contribution is 0.146. The van der Waals surface area contributed by atoms with Crippen LogP contribution >= 0.6 is 11.6 Å². The first-order chi connectivity index (χ1) is 6.72. The van der Waals surface area contributed by atoms with Gasteiger partial charge in [-0.2, -0.15) is 0 Å². The van der Waals surface area contributed by atoms with E-state index in [4.69, 9.17) is 16.3 Å². The fourth-order valence-corrected chi connectivity index (χ4v) is 0.967. The minimum absolute atomic E-state index is 0.252. The van der Waals surface area contributed by atoms with Gasteiger partial charge < -0.3 is 4.74 Å². The van der Waals surface area contributed by atoms with Crippen molar-refractivity contribution in [2.45, 2.75) is 6.61 Å². The number of hydrogen-bond donors (Lipinski definition) is 0. The van der Waals surface area contributed by atoms with Crippen molar-refractivity contribution in [3.05, 3.63) is 53.0 Å². The number of rotatable bonds is 4. The Balaban J connectivity index is 2.39. The molecule has 1 rings (SSSR count). The third kappa shape index (κ3) is 3.75. The van der Waals surface area contributed by atoms with Gasteiger partial charge in [0, 0.05) is 0 Å². The van der Waals surface area contributed by atoms with Crippen LogP contribution < -0.4 is 0 Å². The second kappa shape index (κ2) is 5.61. The number of hydrogen-bond acceptors (Lipinski definition) is 1. The van der Waals surface area contributed by atoms with E-state index >= 15 is 0 Å². The van der Waals surface area contributed by atoms with E-state index in [-0.39, 0.29) is 12.4 Å². The Hall–Kier alpha value is -1.08. The van der Waals surface area contributed by atoms with Gasteiger partial charge in [-0.15, -0.1) is 5.73 Å². The summed E-state index contributed by atoms with van der Waals surface area (Å²) in [6, 6.07) is 6.12. The number of ether oxygens (including phenoxy) is 1. The fourth-order valence-electron chi connectivity index (χ4n) is 0.890. The molecule has 0 aliphatic carbocycles.